The largest absolute Gasteiger partial charge is 0.369 e. The Morgan fingerprint density at radius 2 is 2.06 bits per heavy atom. The van der Waals surface area contributed by atoms with Crippen LogP contribution < -0.4 is 5.32 Å². The van der Waals surface area contributed by atoms with E-state index in [4.69, 9.17) is 0 Å². The number of rotatable bonds is 7. The third-order valence-electron chi connectivity index (χ3n) is 2.51. The van der Waals surface area contributed by atoms with Crippen molar-refractivity contribution in [3.05, 3.63) is 17.8 Å². The first-order chi connectivity index (χ1) is 8.43. The van der Waals surface area contributed by atoms with Gasteiger partial charge in [0.1, 0.15) is 5.82 Å². The molecule has 18 heavy (non-hydrogen) atoms. The van der Waals surface area contributed by atoms with Crippen LogP contribution in [-0.4, -0.2) is 48.8 Å². The number of aryl methyl sites for hydroxylation is 1. The Hall–Kier alpha value is -1.21. The second-order valence-electron chi connectivity index (χ2n) is 4.09. The summed E-state index contributed by atoms with van der Waals surface area (Å²) in [5.41, 5.74) is 0.870. The monoisotopic (exact) mass is 272 g/mol. The molecular formula is C11H20N4O2S. The number of anilines is 1. The lowest BCUT2D eigenvalue weighted by Gasteiger charge is -2.17. The molecule has 0 radical (unpaired) electrons. The topological polar surface area (TPSA) is 75.2 Å². The average Bonchev–Trinajstić information content (AvgIpc) is 2.30. The Kier molecular flexibility index (Phi) is 5.49. The van der Waals surface area contributed by atoms with E-state index in [1.165, 1.54) is 10.6 Å². The minimum atomic E-state index is -3.09. The summed E-state index contributed by atoms with van der Waals surface area (Å²) in [5.74, 6) is 0.711. The van der Waals surface area contributed by atoms with Crippen LogP contribution in [0.1, 0.15) is 19.0 Å². The van der Waals surface area contributed by atoms with Crippen molar-refractivity contribution in [3.63, 3.8) is 0 Å². The molecule has 102 valence electrons. The van der Waals surface area contributed by atoms with E-state index in [9.17, 15) is 8.42 Å². The van der Waals surface area contributed by atoms with E-state index in [0.29, 0.717) is 25.5 Å². The van der Waals surface area contributed by atoms with Crippen molar-refractivity contribution in [1.82, 2.24) is 14.5 Å². The van der Waals surface area contributed by atoms with Crippen LogP contribution in [0.3, 0.4) is 0 Å². The predicted octanol–water partition coefficient (Wildman–Crippen LogP) is 0.869. The molecule has 0 fully saturated rings. The Labute approximate surface area is 108 Å². The maximum atomic E-state index is 11.3. The van der Waals surface area contributed by atoms with Crippen molar-refractivity contribution in [1.29, 1.82) is 0 Å². The highest BCUT2D eigenvalue weighted by atomic mass is 32.2. The van der Waals surface area contributed by atoms with E-state index in [0.717, 1.165) is 12.1 Å². The molecule has 7 heteroatoms. The van der Waals surface area contributed by atoms with Crippen LogP contribution in [0.25, 0.3) is 0 Å². The summed E-state index contributed by atoms with van der Waals surface area (Å²) < 4.78 is 24.1. The molecule has 0 spiro atoms. The number of nitrogens with one attached hydrogen (secondary N) is 1. The standard InChI is InChI=1S/C11H20N4O2S/c1-4-15(18(3,16)17)9-5-8-12-11-7-6-10(2)13-14-11/h6-7H,4-5,8-9H2,1-3H3,(H,12,14). The first-order valence-corrected chi connectivity index (χ1v) is 7.77. The zero-order chi connectivity index (χ0) is 13.6. The van der Waals surface area contributed by atoms with E-state index in [1.54, 1.807) is 0 Å². The second kappa shape index (κ2) is 6.65. The summed E-state index contributed by atoms with van der Waals surface area (Å²) in [4.78, 5) is 0. The van der Waals surface area contributed by atoms with Gasteiger partial charge in [-0.3, -0.25) is 0 Å². The third kappa shape index (κ3) is 4.97. The van der Waals surface area contributed by atoms with Gasteiger partial charge in [0.15, 0.2) is 0 Å². The molecule has 1 heterocycles. The lowest BCUT2D eigenvalue weighted by atomic mass is 10.4. The van der Waals surface area contributed by atoms with Gasteiger partial charge >= 0.3 is 0 Å². The minimum absolute atomic E-state index is 0.503. The Bertz CT molecular complexity index is 458. The van der Waals surface area contributed by atoms with Crippen LogP contribution in [0.2, 0.25) is 0 Å². The van der Waals surface area contributed by atoms with Crippen LogP contribution in [0, 0.1) is 6.92 Å². The Balaban J connectivity index is 2.32. The SMILES string of the molecule is CCN(CCCNc1ccc(C)nn1)S(C)(=O)=O. The molecule has 1 aromatic heterocycles. The van der Waals surface area contributed by atoms with Gasteiger partial charge in [0.05, 0.1) is 11.9 Å². The zero-order valence-electron chi connectivity index (χ0n) is 11.0. The first-order valence-electron chi connectivity index (χ1n) is 5.93. The fourth-order valence-corrected chi connectivity index (χ4v) is 2.45. The molecule has 0 amide bonds. The van der Waals surface area contributed by atoms with Gasteiger partial charge < -0.3 is 5.32 Å². The lowest BCUT2D eigenvalue weighted by Crippen LogP contribution is -2.31. The summed E-state index contributed by atoms with van der Waals surface area (Å²) >= 11 is 0. The number of hydrogen-bond donors (Lipinski definition) is 1. The zero-order valence-corrected chi connectivity index (χ0v) is 11.9. The number of nitrogens with zero attached hydrogens (tertiary/aromatic N) is 3. The molecule has 0 saturated heterocycles. The van der Waals surface area contributed by atoms with Crippen molar-refractivity contribution in [3.8, 4) is 0 Å². The molecule has 1 aromatic rings. The van der Waals surface area contributed by atoms with Gasteiger partial charge in [-0.1, -0.05) is 6.92 Å². The molecular weight excluding hydrogens is 252 g/mol. The third-order valence-corrected chi connectivity index (χ3v) is 3.89. The molecule has 0 atom stereocenters. The Morgan fingerprint density at radius 1 is 1.33 bits per heavy atom. The Morgan fingerprint density at radius 3 is 2.56 bits per heavy atom. The predicted molar refractivity (Wildman–Crippen MR) is 72.0 cm³/mol. The second-order valence-corrected chi connectivity index (χ2v) is 6.08. The summed E-state index contributed by atoms with van der Waals surface area (Å²) in [5, 5.41) is 11.0. The van der Waals surface area contributed by atoms with Crippen molar-refractivity contribution in [2.75, 3.05) is 31.2 Å². The maximum absolute atomic E-state index is 11.3. The van der Waals surface area contributed by atoms with Crippen molar-refractivity contribution < 1.29 is 8.42 Å². The van der Waals surface area contributed by atoms with E-state index < -0.39 is 10.0 Å². The molecule has 1 N–H and O–H groups in total. The van der Waals surface area contributed by atoms with Crippen molar-refractivity contribution in [2.24, 2.45) is 0 Å². The number of sulfonamides is 1. The summed E-state index contributed by atoms with van der Waals surface area (Å²) in [6.45, 7) is 5.40. The summed E-state index contributed by atoms with van der Waals surface area (Å²) in [6, 6.07) is 3.74. The molecule has 0 unspecified atom stereocenters. The van der Waals surface area contributed by atoms with Crippen LogP contribution >= 0.6 is 0 Å². The van der Waals surface area contributed by atoms with Crippen LogP contribution in [0.5, 0.6) is 0 Å². The van der Waals surface area contributed by atoms with Crippen molar-refractivity contribution in [2.45, 2.75) is 20.3 Å². The molecule has 0 bridgehead atoms. The van der Waals surface area contributed by atoms with Gasteiger partial charge in [-0.15, -0.1) is 5.10 Å². The van der Waals surface area contributed by atoms with E-state index in [1.807, 2.05) is 26.0 Å². The molecule has 0 aliphatic rings. The van der Waals surface area contributed by atoms with Gasteiger partial charge in [-0.05, 0) is 25.5 Å². The molecule has 0 saturated carbocycles. The summed E-state index contributed by atoms with van der Waals surface area (Å²) in [7, 11) is -3.09. The van der Waals surface area contributed by atoms with Gasteiger partial charge in [-0.25, -0.2) is 12.7 Å². The fraction of sp³-hybridized carbons (Fsp3) is 0.636. The highest BCUT2D eigenvalue weighted by Crippen LogP contribution is 2.02. The van der Waals surface area contributed by atoms with Crippen LogP contribution in [0.15, 0.2) is 12.1 Å². The molecule has 1 rings (SSSR count). The summed E-state index contributed by atoms with van der Waals surface area (Å²) in [6.07, 6.45) is 1.96. The molecule has 0 aromatic carbocycles. The van der Waals surface area contributed by atoms with Crippen molar-refractivity contribution >= 4 is 15.8 Å². The first kappa shape index (κ1) is 14.8. The van der Waals surface area contributed by atoms with Gasteiger partial charge in [0, 0.05) is 19.6 Å². The normalized spacial score (nSPS) is 11.8. The maximum Gasteiger partial charge on any atom is 0.211 e. The average molecular weight is 272 g/mol. The smallest absolute Gasteiger partial charge is 0.211 e. The highest BCUT2D eigenvalue weighted by Gasteiger charge is 2.12. The minimum Gasteiger partial charge on any atom is -0.369 e. The number of aromatic nitrogens is 2. The lowest BCUT2D eigenvalue weighted by molar-refractivity contribution is 0.428. The van der Waals surface area contributed by atoms with Crippen LogP contribution in [0.4, 0.5) is 5.82 Å². The quantitative estimate of drug-likeness (QED) is 0.745. The van der Waals surface area contributed by atoms with Gasteiger partial charge in [-0.2, -0.15) is 5.10 Å². The molecule has 0 aliphatic carbocycles. The highest BCUT2D eigenvalue weighted by molar-refractivity contribution is 7.88. The molecule has 0 aliphatic heterocycles. The van der Waals surface area contributed by atoms with Gasteiger partial charge in [0.25, 0.3) is 0 Å². The fourth-order valence-electron chi connectivity index (χ4n) is 1.52. The van der Waals surface area contributed by atoms with E-state index in [-0.39, 0.29) is 0 Å². The van der Waals surface area contributed by atoms with E-state index >= 15 is 0 Å². The number of hydrogen-bond acceptors (Lipinski definition) is 5. The van der Waals surface area contributed by atoms with Gasteiger partial charge in [0.2, 0.25) is 10.0 Å². The van der Waals surface area contributed by atoms with E-state index in [2.05, 4.69) is 15.5 Å². The molecule has 6 nitrogen and oxygen atoms in total. The van der Waals surface area contributed by atoms with Crippen LogP contribution in [-0.2, 0) is 10.0 Å².